The summed E-state index contributed by atoms with van der Waals surface area (Å²) in [6.45, 7) is 5.34. The lowest BCUT2D eigenvalue weighted by Gasteiger charge is -2.15. The number of likely N-dealkylation sites (N-methyl/N-ethyl adjacent to an activating group) is 1. The average molecular weight is 249 g/mol. The summed E-state index contributed by atoms with van der Waals surface area (Å²) in [6, 6.07) is 8.74. The first-order valence-corrected chi connectivity index (χ1v) is 7.24. The third kappa shape index (κ3) is 5.19. The Labute approximate surface area is 111 Å². The van der Waals surface area contributed by atoms with Crippen LogP contribution in [0.15, 0.2) is 24.3 Å². The van der Waals surface area contributed by atoms with Crippen LogP contribution in [0.4, 0.5) is 0 Å². The molecule has 0 bridgehead atoms. The molecule has 1 unspecified atom stereocenters. The zero-order valence-electron chi connectivity index (χ0n) is 11.8. The maximum Gasteiger partial charge on any atom is 0.0626 e. The highest BCUT2D eigenvalue weighted by Gasteiger charge is 2.07. The molecule has 18 heavy (non-hydrogen) atoms. The van der Waals surface area contributed by atoms with Crippen LogP contribution in [0.5, 0.6) is 0 Å². The Kier molecular flexibility index (Phi) is 7.70. The minimum absolute atomic E-state index is 0.0733. The second-order valence-electron chi connectivity index (χ2n) is 4.85. The lowest BCUT2D eigenvalue weighted by Crippen LogP contribution is -2.23. The Balaban J connectivity index is 2.45. The van der Waals surface area contributed by atoms with Crippen LogP contribution in [-0.2, 0) is 6.42 Å². The van der Waals surface area contributed by atoms with Crippen molar-refractivity contribution in [2.75, 3.05) is 13.2 Å². The molecular weight excluding hydrogens is 222 g/mol. The number of aliphatic hydroxyl groups is 1. The summed E-state index contributed by atoms with van der Waals surface area (Å²) in [7, 11) is 0. The van der Waals surface area contributed by atoms with Gasteiger partial charge >= 0.3 is 0 Å². The molecule has 1 aromatic rings. The number of nitrogens with one attached hydrogen (secondary N) is 1. The smallest absolute Gasteiger partial charge is 0.0626 e. The molecule has 2 nitrogen and oxygen atoms in total. The normalized spacial score (nSPS) is 12.6. The van der Waals surface area contributed by atoms with Crippen LogP contribution in [0, 0.1) is 0 Å². The van der Waals surface area contributed by atoms with Crippen molar-refractivity contribution in [2.45, 2.75) is 52.0 Å². The molecule has 0 saturated carbocycles. The summed E-state index contributed by atoms with van der Waals surface area (Å²) < 4.78 is 0. The van der Waals surface area contributed by atoms with E-state index in [2.05, 4.69) is 43.4 Å². The van der Waals surface area contributed by atoms with Crippen molar-refractivity contribution < 1.29 is 5.11 Å². The van der Waals surface area contributed by atoms with Gasteiger partial charge in [0.25, 0.3) is 0 Å². The zero-order valence-corrected chi connectivity index (χ0v) is 11.8. The Morgan fingerprint density at radius 2 is 1.78 bits per heavy atom. The molecule has 0 amide bonds. The van der Waals surface area contributed by atoms with E-state index in [1.54, 1.807) is 0 Å². The van der Waals surface area contributed by atoms with Crippen LogP contribution in [0.3, 0.4) is 0 Å². The van der Waals surface area contributed by atoms with Gasteiger partial charge in [0.1, 0.15) is 0 Å². The van der Waals surface area contributed by atoms with Crippen molar-refractivity contribution in [3.8, 4) is 0 Å². The first-order valence-electron chi connectivity index (χ1n) is 7.24. The lowest BCUT2D eigenvalue weighted by molar-refractivity contribution is 0.246. The lowest BCUT2D eigenvalue weighted by atomic mass is 10.0. The molecular formula is C16H27NO. The first-order chi connectivity index (χ1) is 8.81. The van der Waals surface area contributed by atoms with Gasteiger partial charge in [0.15, 0.2) is 0 Å². The van der Waals surface area contributed by atoms with Gasteiger partial charge in [-0.1, -0.05) is 57.4 Å². The van der Waals surface area contributed by atoms with Crippen LogP contribution in [0.1, 0.15) is 56.7 Å². The van der Waals surface area contributed by atoms with Crippen LogP contribution in [0.25, 0.3) is 0 Å². The van der Waals surface area contributed by atoms with Crippen LogP contribution in [0.2, 0.25) is 0 Å². The van der Waals surface area contributed by atoms with Crippen LogP contribution < -0.4 is 5.32 Å². The molecule has 1 rings (SSSR count). The minimum atomic E-state index is 0.0733. The Morgan fingerprint density at radius 1 is 1.06 bits per heavy atom. The first kappa shape index (κ1) is 15.2. The zero-order chi connectivity index (χ0) is 13.2. The van der Waals surface area contributed by atoms with Crippen molar-refractivity contribution in [1.82, 2.24) is 5.32 Å². The maximum atomic E-state index is 9.32. The van der Waals surface area contributed by atoms with E-state index in [4.69, 9.17) is 0 Å². The van der Waals surface area contributed by atoms with Crippen LogP contribution >= 0.6 is 0 Å². The molecule has 2 heteroatoms. The topological polar surface area (TPSA) is 32.3 Å². The Bertz CT molecular complexity index is 307. The molecule has 1 atom stereocenters. The third-order valence-electron chi connectivity index (χ3n) is 3.33. The molecule has 2 N–H and O–H groups in total. The standard InChI is InChI=1S/C16H27NO/c1-3-5-6-7-8-14-9-11-15(12-10-14)16(13-18)17-4-2/h9-12,16-18H,3-8,13H2,1-2H3. The number of rotatable bonds is 9. The van der Waals surface area contributed by atoms with Gasteiger partial charge < -0.3 is 10.4 Å². The highest BCUT2D eigenvalue weighted by Crippen LogP contribution is 2.15. The van der Waals surface area contributed by atoms with Gasteiger partial charge in [0.05, 0.1) is 12.6 Å². The van der Waals surface area contributed by atoms with Crippen molar-refractivity contribution >= 4 is 0 Å². The van der Waals surface area contributed by atoms with Gasteiger partial charge in [-0.2, -0.15) is 0 Å². The van der Waals surface area contributed by atoms with E-state index in [1.807, 2.05) is 0 Å². The van der Waals surface area contributed by atoms with Gasteiger partial charge in [0.2, 0.25) is 0 Å². The van der Waals surface area contributed by atoms with E-state index in [0.29, 0.717) is 0 Å². The van der Waals surface area contributed by atoms with E-state index in [1.165, 1.54) is 43.2 Å². The average Bonchev–Trinajstić information content (AvgIpc) is 2.42. The molecule has 0 saturated heterocycles. The Hall–Kier alpha value is -0.860. The second kappa shape index (κ2) is 9.12. The molecule has 102 valence electrons. The fraction of sp³-hybridized carbons (Fsp3) is 0.625. The monoisotopic (exact) mass is 249 g/mol. The van der Waals surface area contributed by atoms with Crippen LogP contribution in [-0.4, -0.2) is 18.3 Å². The highest BCUT2D eigenvalue weighted by atomic mass is 16.3. The third-order valence-corrected chi connectivity index (χ3v) is 3.33. The van der Waals surface area contributed by atoms with Crippen molar-refractivity contribution in [1.29, 1.82) is 0 Å². The van der Waals surface area contributed by atoms with Gasteiger partial charge in [-0.3, -0.25) is 0 Å². The van der Waals surface area contributed by atoms with Crippen molar-refractivity contribution in [2.24, 2.45) is 0 Å². The number of benzene rings is 1. The van der Waals surface area contributed by atoms with Crippen molar-refractivity contribution in [3.05, 3.63) is 35.4 Å². The molecule has 0 heterocycles. The molecule has 0 aromatic heterocycles. The molecule has 1 aromatic carbocycles. The molecule has 0 spiro atoms. The summed E-state index contributed by atoms with van der Waals surface area (Å²) in [5.74, 6) is 0. The van der Waals surface area contributed by atoms with E-state index >= 15 is 0 Å². The number of aliphatic hydroxyl groups excluding tert-OH is 1. The van der Waals surface area contributed by atoms with Gasteiger partial charge in [-0.15, -0.1) is 0 Å². The highest BCUT2D eigenvalue weighted by molar-refractivity contribution is 5.25. The summed E-state index contributed by atoms with van der Waals surface area (Å²) in [5, 5.41) is 12.6. The van der Waals surface area contributed by atoms with Gasteiger partial charge in [0, 0.05) is 0 Å². The number of unbranched alkanes of at least 4 members (excludes halogenated alkanes) is 3. The van der Waals surface area contributed by atoms with Gasteiger partial charge in [-0.05, 0) is 30.5 Å². The summed E-state index contributed by atoms with van der Waals surface area (Å²) in [5.41, 5.74) is 2.58. The van der Waals surface area contributed by atoms with E-state index in [-0.39, 0.29) is 12.6 Å². The predicted octanol–water partition coefficient (Wildman–Crippen LogP) is 3.45. The molecule has 0 aliphatic heterocycles. The fourth-order valence-electron chi connectivity index (χ4n) is 2.21. The van der Waals surface area contributed by atoms with Crippen molar-refractivity contribution in [3.63, 3.8) is 0 Å². The summed E-state index contributed by atoms with van der Waals surface area (Å²) in [4.78, 5) is 0. The van der Waals surface area contributed by atoms with E-state index < -0.39 is 0 Å². The summed E-state index contributed by atoms with van der Waals surface area (Å²) in [6.07, 6.45) is 6.41. The maximum absolute atomic E-state index is 9.32. The van der Waals surface area contributed by atoms with Gasteiger partial charge in [-0.25, -0.2) is 0 Å². The number of hydrogen-bond donors (Lipinski definition) is 2. The molecule has 0 fully saturated rings. The number of aryl methyl sites for hydroxylation is 1. The fourth-order valence-corrected chi connectivity index (χ4v) is 2.21. The van der Waals surface area contributed by atoms with E-state index in [0.717, 1.165) is 6.54 Å². The molecule has 0 radical (unpaired) electrons. The minimum Gasteiger partial charge on any atom is -0.394 e. The second-order valence-corrected chi connectivity index (χ2v) is 4.85. The van der Waals surface area contributed by atoms with E-state index in [9.17, 15) is 5.11 Å². The number of hydrogen-bond acceptors (Lipinski definition) is 2. The Morgan fingerprint density at radius 3 is 2.33 bits per heavy atom. The molecule has 0 aliphatic carbocycles. The SMILES string of the molecule is CCCCCCc1ccc(C(CO)NCC)cc1. The summed E-state index contributed by atoms with van der Waals surface area (Å²) >= 11 is 0. The largest absolute Gasteiger partial charge is 0.394 e. The quantitative estimate of drug-likeness (QED) is 0.657. The molecule has 0 aliphatic rings. The predicted molar refractivity (Wildman–Crippen MR) is 77.8 cm³/mol.